The molecule has 0 amide bonds. The molecular weight excluding hydrogens is 200 g/mol. The van der Waals surface area contributed by atoms with E-state index in [-0.39, 0.29) is 0 Å². The lowest BCUT2D eigenvalue weighted by molar-refractivity contribution is 0.112. The largest absolute Gasteiger partial charge is 0.493 e. The van der Waals surface area contributed by atoms with E-state index in [2.05, 4.69) is 20.8 Å². The van der Waals surface area contributed by atoms with Crippen LogP contribution in [0.3, 0.4) is 0 Å². The number of rotatable bonds is 6. The van der Waals surface area contributed by atoms with Crippen LogP contribution in [-0.2, 0) is 0 Å². The Bertz CT molecular complexity index is 345. The maximum absolute atomic E-state index is 10.8. The lowest BCUT2D eigenvalue weighted by Crippen LogP contribution is -2.02. The molecule has 1 atom stereocenters. The Morgan fingerprint density at radius 1 is 1.38 bits per heavy atom. The van der Waals surface area contributed by atoms with E-state index in [0.717, 1.165) is 42.6 Å². The van der Waals surface area contributed by atoms with Gasteiger partial charge in [-0.15, -0.1) is 0 Å². The van der Waals surface area contributed by atoms with Crippen molar-refractivity contribution in [3.8, 4) is 5.75 Å². The molecule has 88 valence electrons. The molecule has 0 aromatic heterocycles. The van der Waals surface area contributed by atoms with Gasteiger partial charge in [-0.3, -0.25) is 4.79 Å². The van der Waals surface area contributed by atoms with Crippen molar-refractivity contribution in [1.29, 1.82) is 0 Å². The highest BCUT2D eigenvalue weighted by atomic mass is 16.5. The molecule has 1 aromatic carbocycles. The number of aldehydes is 1. The zero-order valence-corrected chi connectivity index (χ0v) is 10.3. The van der Waals surface area contributed by atoms with E-state index in [0.29, 0.717) is 5.92 Å². The molecule has 0 bridgehead atoms. The highest BCUT2D eigenvalue weighted by Gasteiger charge is 2.10. The van der Waals surface area contributed by atoms with Gasteiger partial charge in [-0.05, 0) is 42.5 Å². The number of carbonyl (C=O) groups is 1. The van der Waals surface area contributed by atoms with Crippen molar-refractivity contribution in [2.75, 3.05) is 6.61 Å². The number of carbonyl (C=O) groups excluding carboxylic acids is 1. The fraction of sp³-hybridized carbons (Fsp3) is 0.500. The van der Waals surface area contributed by atoms with Crippen molar-refractivity contribution in [1.82, 2.24) is 0 Å². The minimum absolute atomic E-state index is 0.423. The molecule has 0 aliphatic heterocycles. The van der Waals surface area contributed by atoms with Crippen molar-refractivity contribution < 1.29 is 9.53 Å². The molecule has 0 unspecified atom stereocenters. The average molecular weight is 220 g/mol. The minimum Gasteiger partial charge on any atom is -0.493 e. The van der Waals surface area contributed by atoms with E-state index < -0.39 is 0 Å². The second-order valence-electron chi connectivity index (χ2n) is 4.07. The summed E-state index contributed by atoms with van der Waals surface area (Å²) in [5, 5.41) is 0. The Hall–Kier alpha value is -1.31. The summed E-state index contributed by atoms with van der Waals surface area (Å²) < 4.78 is 5.69. The van der Waals surface area contributed by atoms with E-state index in [1.807, 2.05) is 18.2 Å². The smallest absolute Gasteiger partial charge is 0.150 e. The number of hydrogen-bond donors (Lipinski definition) is 0. The Morgan fingerprint density at radius 3 is 2.69 bits per heavy atom. The van der Waals surface area contributed by atoms with Crippen LogP contribution in [0.1, 0.15) is 55.5 Å². The first-order valence-electron chi connectivity index (χ1n) is 5.94. The maximum atomic E-state index is 10.8. The van der Waals surface area contributed by atoms with E-state index >= 15 is 0 Å². The fourth-order valence-corrected chi connectivity index (χ4v) is 1.59. The first-order valence-corrected chi connectivity index (χ1v) is 5.94. The van der Waals surface area contributed by atoms with Gasteiger partial charge in [0.1, 0.15) is 12.0 Å². The highest BCUT2D eigenvalue weighted by molar-refractivity contribution is 5.75. The van der Waals surface area contributed by atoms with Crippen LogP contribution in [0.5, 0.6) is 5.75 Å². The molecule has 0 spiro atoms. The summed E-state index contributed by atoms with van der Waals surface area (Å²) in [6, 6.07) is 5.65. The lowest BCUT2D eigenvalue weighted by atomic mass is 9.96. The van der Waals surface area contributed by atoms with Gasteiger partial charge in [0.15, 0.2) is 0 Å². The Morgan fingerprint density at radius 2 is 2.12 bits per heavy atom. The van der Waals surface area contributed by atoms with Crippen molar-refractivity contribution in [2.45, 2.75) is 39.5 Å². The number of benzene rings is 1. The van der Waals surface area contributed by atoms with E-state index in [9.17, 15) is 4.79 Å². The minimum atomic E-state index is 0.423. The Labute approximate surface area is 97.6 Å². The van der Waals surface area contributed by atoms with Gasteiger partial charge in [-0.2, -0.15) is 0 Å². The van der Waals surface area contributed by atoms with Crippen LogP contribution >= 0.6 is 0 Å². The average Bonchev–Trinajstić information content (AvgIpc) is 2.35. The zero-order valence-electron chi connectivity index (χ0n) is 10.3. The Kier molecular flexibility index (Phi) is 5.03. The van der Waals surface area contributed by atoms with Crippen LogP contribution in [0.2, 0.25) is 0 Å². The van der Waals surface area contributed by atoms with Crippen LogP contribution in [0, 0.1) is 0 Å². The van der Waals surface area contributed by atoms with Crippen molar-refractivity contribution in [3.63, 3.8) is 0 Å². The molecular formula is C14H20O2. The van der Waals surface area contributed by atoms with Crippen LogP contribution in [0.4, 0.5) is 0 Å². The van der Waals surface area contributed by atoms with E-state index in [1.165, 1.54) is 0 Å². The zero-order chi connectivity index (χ0) is 12.0. The highest BCUT2D eigenvalue weighted by Crippen LogP contribution is 2.29. The second-order valence-corrected chi connectivity index (χ2v) is 4.07. The summed E-state index contributed by atoms with van der Waals surface area (Å²) in [5.41, 5.74) is 1.86. The summed E-state index contributed by atoms with van der Waals surface area (Å²) in [5.74, 6) is 1.34. The van der Waals surface area contributed by atoms with Crippen LogP contribution < -0.4 is 4.74 Å². The molecule has 0 aliphatic rings. The van der Waals surface area contributed by atoms with Crippen molar-refractivity contribution >= 4 is 6.29 Å². The third-order valence-electron chi connectivity index (χ3n) is 2.77. The standard InChI is InChI=1S/C14H20O2/c1-4-8-16-14-7-6-12(10-15)9-13(14)11(3)5-2/h6-7,9-11H,4-5,8H2,1-3H3/t11-/m0/s1. The third kappa shape index (κ3) is 3.09. The van der Waals surface area contributed by atoms with Gasteiger partial charge >= 0.3 is 0 Å². The molecule has 0 aliphatic carbocycles. The number of ether oxygens (including phenoxy) is 1. The topological polar surface area (TPSA) is 26.3 Å². The summed E-state index contributed by atoms with van der Waals surface area (Å²) in [7, 11) is 0. The molecule has 1 rings (SSSR count). The van der Waals surface area contributed by atoms with E-state index in [4.69, 9.17) is 4.74 Å². The normalized spacial score (nSPS) is 12.2. The monoisotopic (exact) mass is 220 g/mol. The van der Waals surface area contributed by atoms with Gasteiger partial charge in [0.2, 0.25) is 0 Å². The molecule has 0 saturated heterocycles. The first-order chi connectivity index (χ1) is 7.72. The molecule has 0 N–H and O–H groups in total. The molecule has 0 radical (unpaired) electrons. The van der Waals surface area contributed by atoms with Gasteiger partial charge in [0, 0.05) is 5.56 Å². The first kappa shape index (κ1) is 12.8. The van der Waals surface area contributed by atoms with Gasteiger partial charge in [-0.25, -0.2) is 0 Å². The molecule has 0 saturated carbocycles. The number of hydrogen-bond acceptors (Lipinski definition) is 2. The van der Waals surface area contributed by atoms with E-state index in [1.54, 1.807) is 0 Å². The van der Waals surface area contributed by atoms with Gasteiger partial charge in [0.25, 0.3) is 0 Å². The summed E-state index contributed by atoms with van der Waals surface area (Å²) in [6.07, 6.45) is 2.93. The SMILES string of the molecule is CCCOc1ccc(C=O)cc1[C@@H](C)CC. The van der Waals surface area contributed by atoms with Crippen LogP contribution in [0.25, 0.3) is 0 Å². The van der Waals surface area contributed by atoms with Crippen molar-refractivity contribution in [2.24, 2.45) is 0 Å². The van der Waals surface area contributed by atoms with Gasteiger partial charge in [0.05, 0.1) is 6.61 Å². The molecule has 16 heavy (non-hydrogen) atoms. The molecule has 0 heterocycles. The quantitative estimate of drug-likeness (QED) is 0.681. The maximum Gasteiger partial charge on any atom is 0.150 e. The van der Waals surface area contributed by atoms with Crippen LogP contribution in [0.15, 0.2) is 18.2 Å². The molecule has 2 heteroatoms. The van der Waals surface area contributed by atoms with Gasteiger partial charge < -0.3 is 4.74 Å². The molecule has 1 aromatic rings. The predicted octanol–water partition coefficient (Wildman–Crippen LogP) is 3.80. The molecule has 2 nitrogen and oxygen atoms in total. The predicted molar refractivity (Wildman–Crippen MR) is 66.3 cm³/mol. The van der Waals surface area contributed by atoms with Gasteiger partial charge in [-0.1, -0.05) is 20.8 Å². The summed E-state index contributed by atoms with van der Waals surface area (Å²) >= 11 is 0. The Balaban J connectivity index is 3.00. The summed E-state index contributed by atoms with van der Waals surface area (Å²) in [6.45, 7) is 7.11. The second kappa shape index (κ2) is 6.31. The summed E-state index contributed by atoms with van der Waals surface area (Å²) in [4.78, 5) is 10.8. The third-order valence-corrected chi connectivity index (χ3v) is 2.77. The lowest BCUT2D eigenvalue weighted by Gasteiger charge is -2.16. The van der Waals surface area contributed by atoms with Crippen molar-refractivity contribution in [3.05, 3.63) is 29.3 Å². The fourth-order valence-electron chi connectivity index (χ4n) is 1.59. The van der Waals surface area contributed by atoms with Crippen LogP contribution in [-0.4, -0.2) is 12.9 Å². The molecule has 0 fully saturated rings.